The minimum absolute atomic E-state index is 0.128. The molecule has 1 aliphatic carbocycles. The van der Waals surface area contributed by atoms with E-state index in [0.717, 1.165) is 18.2 Å². The van der Waals surface area contributed by atoms with Crippen LogP contribution in [0.1, 0.15) is 71.5 Å². The third-order valence-electron chi connectivity index (χ3n) is 4.13. The predicted octanol–water partition coefficient (Wildman–Crippen LogP) is 3.31. The summed E-state index contributed by atoms with van der Waals surface area (Å²) in [5, 5.41) is 12.1. The van der Waals surface area contributed by atoms with Gasteiger partial charge in [-0.05, 0) is 52.4 Å². The van der Waals surface area contributed by atoms with Gasteiger partial charge in [-0.1, -0.05) is 18.6 Å². The summed E-state index contributed by atoms with van der Waals surface area (Å²) >= 11 is 0. The lowest BCUT2D eigenvalue weighted by Gasteiger charge is -2.27. The van der Waals surface area contributed by atoms with Crippen LogP contribution < -0.4 is 5.32 Å². The molecule has 1 aromatic heterocycles. The van der Waals surface area contributed by atoms with Crippen molar-refractivity contribution >= 4 is 0 Å². The lowest BCUT2D eigenvalue weighted by atomic mass is 9.85. The van der Waals surface area contributed by atoms with Gasteiger partial charge >= 0.3 is 0 Å². The number of hydrogen-bond donors (Lipinski definition) is 1. The molecule has 108 valence electrons. The van der Waals surface area contributed by atoms with E-state index < -0.39 is 0 Å². The molecule has 4 heteroatoms. The summed E-state index contributed by atoms with van der Waals surface area (Å²) in [6.07, 6.45) is 8.65. The molecule has 0 aromatic carbocycles. The highest BCUT2D eigenvalue weighted by Crippen LogP contribution is 2.33. The predicted molar refractivity (Wildman–Crippen MR) is 77.9 cm³/mol. The first kappa shape index (κ1) is 14.5. The van der Waals surface area contributed by atoms with Crippen LogP contribution in [0.3, 0.4) is 0 Å². The minimum atomic E-state index is 0.128. The number of aromatic nitrogens is 3. The lowest BCUT2D eigenvalue weighted by molar-refractivity contribution is 0.253. The van der Waals surface area contributed by atoms with Crippen LogP contribution in [0.4, 0.5) is 0 Å². The highest BCUT2D eigenvalue weighted by molar-refractivity contribution is 4.95. The van der Waals surface area contributed by atoms with E-state index in [9.17, 15) is 0 Å². The number of hydrogen-bond acceptors (Lipinski definition) is 3. The van der Waals surface area contributed by atoms with Gasteiger partial charge in [-0.3, -0.25) is 0 Å². The van der Waals surface area contributed by atoms with E-state index in [1.165, 1.54) is 32.1 Å². The Morgan fingerprint density at radius 1 is 1.26 bits per heavy atom. The largest absolute Gasteiger partial charge is 0.306 e. The maximum Gasteiger partial charge on any atom is 0.0965 e. The summed E-state index contributed by atoms with van der Waals surface area (Å²) in [6.45, 7) is 9.61. The Balaban J connectivity index is 1.87. The zero-order valence-corrected chi connectivity index (χ0v) is 12.8. The molecular weight excluding hydrogens is 236 g/mol. The Morgan fingerprint density at radius 3 is 2.53 bits per heavy atom. The molecule has 1 saturated carbocycles. The molecule has 1 aliphatic rings. The topological polar surface area (TPSA) is 42.7 Å². The zero-order chi connectivity index (χ0) is 13.9. The van der Waals surface area contributed by atoms with E-state index in [-0.39, 0.29) is 5.54 Å². The second kappa shape index (κ2) is 6.04. The molecule has 1 aromatic rings. The molecule has 0 spiro atoms. The SMILES string of the molecule is CCC1CCC(n2cc(CNC(C)(C)C)nn2)CC1. The smallest absolute Gasteiger partial charge is 0.0965 e. The first-order valence-corrected chi connectivity index (χ1v) is 7.63. The van der Waals surface area contributed by atoms with Crippen molar-refractivity contribution < 1.29 is 0 Å². The minimum Gasteiger partial charge on any atom is -0.306 e. The van der Waals surface area contributed by atoms with Crippen molar-refractivity contribution in [3.05, 3.63) is 11.9 Å². The van der Waals surface area contributed by atoms with Crippen LogP contribution in [0.2, 0.25) is 0 Å². The molecule has 0 atom stereocenters. The van der Waals surface area contributed by atoms with Crippen LogP contribution in [-0.2, 0) is 6.54 Å². The van der Waals surface area contributed by atoms with Crippen molar-refractivity contribution in [2.24, 2.45) is 5.92 Å². The molecule has 1 heterocycles. The van der Waals surface area contributed by atoms with Crippen molar-refractivity contribution in [2.75, 3.05) is 0 Å². The first-order valence-electron chi connectivity index (χ1n) is 7.63. The van der Waals surface area contributed by atoms with E-state index in [4.69, 9.17) is 0 Å². The van der Waals surface area contributed by atoms with Crippen molar-refractivity contribution in [3.63, 3.8) is 0 Å². The summed E-state index contributed by atoms with van der Waals surface area (Å²) in [4.78, 5) is 0. The summed E-state index contributed by atoms with van der Waals surface area (Å²) < 4.78 is 2.09. The summed E-state index contributed by atoms with van der Waals surface area (Å²) in [6, 6.07) is 0.568. The average molecular weight is 264 g/mol. The number of nitrogens with zero attached hydrogens (tertiary/aromatic N) is 3. The van der Waals surface area contributed by atoms with Crippen molar-refractivity contribution in [2.45, 2.75) is 77.9 Å². The van der Waals surface area contributed by atoms with Gasteiger partial charge in [-0.25, -0.2) is 4.68 Å². The number of nitrogens with one attached hydrogen (secondary N) is 1. The summed E-state index contributed by atoms with van der Waals surface area (Å²) in [5.41, 5.74) is 1.18. The van der Waals surface area contributed by atoms with Gasteiger partial charge in [0, 0.05) is 12.1 Å². The van der Waals surface area contributed by atoms with Crippen LogP contribution in [-0.4, -0.2) is 20.5 Å². The molecule has 0 saturated heterocycles. The Morgan fingerprint density at radius 2 is 1.95 bits per heavy atom. The molecule has 0 aliphatic heterocycles. The lowest BCUT2D eigenvalue weighted by Crippen LogP contribution is -2.35. The van der Waals surface area contributed by atoms with E-state index in [1.807, 2.05) is 0 Å². The Bertz CT molecular complexity index is 383. The van der Waals surface area contributed by atoms with Crippen LogP contribution in [0.25, 0.3) is 0 Å². The second-order valence-corrected chi connectivity index (χ2v) is 6.88. The van der Waals surface area contributed by atoms with E-state index in [0.29, 0.717) is 6.04 Å². The van der Waals surface area contributed by atoms with Gasteiger partial charge in [0.05, 0.1) is 17.9 Å². The third kappa shape index (κ3) is 4.30. The maximum absolute atomic E-state index is 4.32. The zero-order valence-electron chi connectivity index (χ0n) is 12.8. The van der Waals surface area contributed by atoms with E-state index in [2.05, 4.69) is 54.2 Å². The highest BCUT2D eigenvalue weighted by Gasteiger charge is 2.22. The van der Waals surface area contributed by atoms with E-state index >= 15 is 0 Å². The average Bonchev–Trinajstić information content (AvgIpc) is 2.84. The van der Waals surface area contributed by atoms with Gasteiger partial charge < -0.3 is 5.32 Å². The molecular formula is C15H28N4. The van der Waals surface area contributed by atoms with Crippen LogP contribution >= 0.6 is 0 Å². The molecule has 0 amide bonds. The molecule has 4 nitrogen and oxygen atoms in total. The monoisotopic (exact) mass is 264 g/mol. The Hall–Kier alpha value is -0.900. The maximum atomic E-state index is 4.32. The van der Waals surface area contributed by atoms with Gasteiger partial charge in [0.15, 0.2) is 0 Å². The first-order chi connectivity index (χ1) is 8.98. The Kier molecular flexibility index (Phi) is 4.61. The van der Waals surface area contributed by atoms with Crippen molar-refractivity contribution in [1.82, 2.24) is 20.3 Å². The molecule has 1 fully saturated rings. The normalized spacial score (nSPS) is 24.6. The van der Waals surface area contributed by atoms with Gasteiger partial charge in [-0.15, -0.1) is 5.10 Å². The quantitative estimate of drug-likeness (QED) is 0.907. The van der Waals surface area contributed by atoms with Crippen LogP contribution in [0.15, 0.2) is 6.20 Å². The molecule has 0 radical (unpaired) electrons. The van der Waals surface area contributed by atoms with Crippen molar-refractivity contribution in [1.29, 1.82) is 0 Å². The standard InChI is InChI=1S/C15H28N4/c1-5-12-6-8-14(9-7-12)19-11-13(17-18-19)10-16-15(2,3)4/h11-12,14,16H,5-10H2,1-4H3. The highest BCUT2D eigenvalue weighted by atomic mass is 15.4. The third-order valence-corrected chi connectivity index (χ3v) is 4.13. The molecule has 2 rings (SSSR count). The van der Waals surface area contributed by atoms with Gasteiger partial charge in [-0.2, -0.15) is 0 Å². The van der Waals surface area contributed by atoms with Gasteiger partial charge in [0.1, 0.15) is 0 Å². The van der Waals surface area contributed by atoms with Crippen molar-refractivity contribution in [3.8, 4) is 0 Å². The van der Waals surface area contributed by atoms with Crippen LogP contribution in [0, 0.1) is 5.92 Å². The number of rotatable bonds is 4. The van der Waals surface area contributed by atoms with E-state index in [1.54, 1.807) is 0 Å². The second-order valence-electron chi connectivity index (χ2n) is 6.88. The fourth-order valence-corrected chi connectivity index (χ4v) is 2.75. The van der Waals surface area contributed by atoms with Crippen LogP contribution in [0.5, 0.6) is 0 Å². The molecule has 19 heavy (non-hydrogen) atoms. The van der Waals surface area contributed by atoms with Gasteiger partial charge in [0.2, 0.25) is 0 Å². The fourth-order valence-electron chi connectivity index (χ4n) is 2.75. The molecule has 0 unspecified atom stereocenters. The van der Waals surface area contributed by atoms with Gasteiger partial charge in [0.25, 0.3) is 0 Å². The summed E-state index contributed by atoms with van der Waals surface area (Å²) in [7, 11) is 0. The fraction of sp³-hybridized carbons (Fsp3) is 0.867. The summed E-state index contributed by atoms with van der Waals surface area (Å²) in [5.74, 6) is 0.932. The molecule has 1 N–H and O–H groups in total. The molecule has 0 bridgehead atoms. The Labute approximate surface area is 117 Å².